The average Bonchev–Trinajstić information content (AvgIpc) is 3.28. The van der Waals surface area contributed by atoms with Crippen LogP contribution in [0.15, 0.2) is 60.7 Å². The summed E-state index contributed by atoms with van der Waals surface area (Å²) in [6, 6.07) is 15.2. The smallest absolute Gasteiger partial charge is 0.417 e. The van der Waals surface area contributed by atoms with Crippen molar-refractivity contribution in [1.82, 2.24) is 4.90 Å². The molecular formula is C33H39NO9. The van der Waals surface area contributed by atoms with Gasteiger partial charge in [-0.05, 0) is 43.9 Å². The number of aliphatic hydroxyl groups excluding tert-OH is 1. The van der Waals surface area contributed by atoms with E-state index in [1.54, 1.807) is 49.4 Å². The number of aliphatic hydroxyl groups is 1. The molecule has 0 spiro atoms. The molecule has 4 unspecified atom stereocenters. The molecule has 0 radical (unpaired) electrons. The van der Waals surface area contributed by atoms with Crippen LogP contribution in [0.2, 0.25) is 0 Å². The minimum absolute atomic E-state index is 0.0780. The predicted molar refractivity (Wildman–Crippen MR) is 158 cm³/mol. The van der Waals surface area contributed by atoms with Crippen molar-refractivity contribution in [2.45, 2.75) is 77.2 Å². The predicted octanol–water partition coefficient (Wildman–Crippen LogP) is 4.51. The van der Waals surface area contributed by atoms with Gasteiger partial charge in [0.1, 0.15) is 6.10 Å². The highest BCUT2D eigenvalue weighted by atomic mass is 16.6. The topological polar surface area (TPSA) is 137 Å². The number of amides is 2. The number of ether oxygens (including phenoxy) is 3. The molecule has 2 aromatic carbocycles. The normalized spacial score (nSPS) is 18.1. The molecule has 1 fully saturated rings. The number of Topliss-reactive ketones (excluding diaryl/α,β-unsaturated/α-hetero) is 1. The van der Waals surface area contributed by atoms with Gasteiger partial charge in [-0.15, -0.1) is 0 Å². The van der Waals surface area contributed by atoms with Crippen molar-refractivity contribution < 1.29 is 43.3 Å². The maximum atomic E-state index is 13.7. The van der Waals surface area contributed by atoms with Crippen LogP contribution in [0.5, 0.6) is 0 Å². The van der Waals surface area contributed by atoms with Gasteiger partial charge in [-0.2, -0.15) is 0 Å². The van der Waals surface area contributed by atoms with Gasteiger partial charge in [-0.1, -0.05) is 73.0 Å². The Bertz CT molecular complexity index is 1340. The zero-order valence-corrected chi connectivity index (χ0v) is 25.0. The number of aryl methyl sites for hydroxylation is 1. The van der Waals surface area contributed by atoms with E-state index >= 15 is 0 Å². The van der Waals surface area contributed by atoms with Crippen LogP contribution in [0.4, 0.5) is 4.79 Å². The van der Waals surface area contributed by atoms with Crippen molar-refractivity contribution in [3.05, 3.63) is 77.4 Å². The molecule has 43 heavy (non-hydrogen) atoms. The van der Waals surface area contributed by atoms with Crippen molar-refractivity contribution in [2.24, 2.45) is 0 Å². The average molecular weight is 594 g/mol. The number of methoxy groups -OCH3 is 1. The number of hydrogen-bond donors (Lipinski definition) is 1. The number of allylic oxidation sites excluding steroid dienone is 1. The fraction of sp³-hybridized carbons (Fsp3) is 0.424. The Balaban J connectivity index is 1.93. The SMILES string of the molecule is COC(C(=O)N1C(=O)OC(c2ccccc2)C1C)C(OC(C)=O)C(=O)C=C(C(=O)CCCCCCO)c1cccc(C)c1. The molecule has 230 valence electrons. The first-order valence-corrected chi connectivity index (χ1v) is 14.3. The van der Waals surface area contributed by atoms with Crippen LogP contribution in [-0.2, 0) is 33.4 Å². The second kappa shape index (κ2) is 15.9. The Morgan fingerprint density at radius 1 is 1.00 bits per heavy atom. The molecule has 2 amide bonds. The van der Waals surface area contributed by atoms with E-state index in [2.05, 4.69) is 0 Å². The third-order valence-corrected chi connectivity index (χ3v) is 7.21. The number of cyclic esters (lactones) is 1. The van der Waals surface area contributed by atoms with Crippen LogP contribution in [0, 0.1) is 6.92 Å². The van der Waals surface area contributed by atoms with Gasteiger partial charge in [-0.3, -0.25) is 19.2 Å². The molecule has 1 N–H and O–H groups in total. The van der Waals surface area contributed by atoms with Crippen molar-refractivity contribution in [2.75, 3.05) is 13.7 Å². The summed E-state index contributed by atoms with van der Waals surface area (Å²) >= 11 is 0. The number of carbonyl (C=O) groups is 5. The van der Waals surface area contributed by atoms with E-state index in [1.165, 1.54) is 0 Å². The summed E-state index contributed by atoms with van der Waals surface area (Å²) in [5, 5.41) is 9.01. The molecule has 1 aliphatic rings. The van der Waals surface area contributed by atoms with Crippen LogP contribution >= 0.6 is 0 Å². The van der Waals surface area contributed by atoms with E-state index in [4.69, 9.17) is 19.3 Å². The molecule has 10 heteroatoms. The van der Waals surface area contributed by atoms with Gasteiger partial charge >= 0.3 is 12.1 Å². The van der Waals surface area contributed by atoms with Gasteiger partial charge in [0.15, 0.2) is 23.8 Å². The fourth-order valence-corrected chi connectivity index (χ4v) is 5.03. The Morgan fingerprint density at radius 2 is 1.70 bits per heavy atom. The second-order valence-corrected chi connectivity index (χ2v) is 10.5. The Kier molecular flexibility index (Phi) is 12.3. The Morgan fingerprint density at radius 3 is 2.33 bits per heavy atom. The lowest BCUT2D eigenvalue weighted by atomic mass is 9.94. The quantitative estimate of drug-likeness (QED) is 0.180. The molecule has 10 nitrogen and oxygen atoms in total. The summed E-state index contributed by atoms with van der Waals surface area (Å²) in [6.45, 7) is 4.64. The van der Waals surface area contributed by atoms with Gasteiger partial charge < -0.3 is 19.3 Å². The van der Waals surface area contributed by atoms with Crippen molar-refractivity contribution in [3.63, 3.8) is 0 Å². The first kappa shape index (κ1) is 33.4. The molecule has 1 heterocycles. The van der Waals surface area contributed by atoms with E-state index in [0.717, 1.165) is 43.4 Å². The standard InChI is InChI=1S/C33H39NO9/c1-21-13-12-16-25(19-21)26(27(37)17-10-5-6-11-18-35)20-28(38)30(42-23(3)36)31(41-4)32(39)34-22(2)29(43-33(34)40)24-14-8-7-9-15-24/h7-9,12-16,19-20,22,29-31,35H,5-6,10-11,17-18H2,1-4H3. The van der Waals surface area contributed by atoms with Crippen molar-refractivity contribution >= 4 is 35.1 Å². The van der Waals surface area contributed by atoms with Gasteiger partial charge in [0.2, 0.25) is 0 Å². The van der Waals surface area contributed by atoms with Crippen LogP contribution in [0.25, 0.3) is 5.57 Å². The highest BCUT2D eigenvalue weighted by Gasteiger charge is 2.48. The number of ketones is 2. The van der Waals surface area contributed by atoms with Crippen LogP contribution < -0.4 is 0 Å². The number of benzene rings is 2. The molecule has 0 bridgehead atoms. The summed E-state index contributed by atoms with van der Waals surface area (Å²) in [5.41, 5.74) is 2.15. The summed E-state index contributed by atoms with van der Waals surface area (Å²) in [5.74, 6) is -2.92. The van der Waals surface area contributed by atoms with Crippen LogP contribution in [-0.4, -0.2) is 71.5 Å². The maximum absolute atomic E-state index is 13.7. The van der Waals surface area contributed by atoms with E-state index in [0.29, 0.717) is 24.0 Å². The summed E-state index contributed by atoms with van der Waals surface area (Å²) < 4.78 is 16.2. The van der Waals surface area contributed by atoms with E-state index in [1.807, 2.05) is 19.1 Å². The molecule has 4 atom stereocenters. The summed E-state index contributed by atoms with van der Waals surface area (Å²) in [4.78, 5) is 66.6. The highest BCUT2D eigenvalue weighted by molar-refractivity contribution is 6.25. The van der Waals surface area contributed by atoms with Crippen molar-refractivity contribution in [1.29, 1.82) is 0 Å². The third kappa shape index (κ3) is 8.68. The lowest BCUT2D eigenvalue weighted by Gasteiger charge is -2.27. The van der Waals surface area contributed by atoms with Gasteiger partial charge in [0.25, 0.3) is 5.91 Å². The van der Waals surface area contributed by atoms with Gasteiger partial charge in [0, 0.05) is 32.6 Å². The number of imide groups is 1. The number of hydrogen-bond acceptors (Lipinski definition) is 9. The molecule has 0 aromatic heterocycles. The molecule has 0 aliphatic carbocycles. The van der Waals surface area contributed by atoms with E-state index in [9.17, 15) is 24.0 Å². The number of nitrogens with zero attached hydrogens (tertiary/aromatic N) is 1. The lowest BCUT2D eigenvalue weighted by Crippen LogP contribution is -2.52. The maximum Gasteiger partial charge on any atom is 0.417 e. The molecule has 0 saturated carbocycles. The lowest BCUT2D eigenvalue weighted by molar-refractivity contribution is -0.166. The van der Waals surface area contributed by atoms with E-state index < -0.39 is 48.1 Å². The Hall–Kier alpha value is -4.15. The minimum Gasteiger partial charge on any atom is -0.451 e. The molecular weight excluding hydrogens is 554 g/mol. The second-order valence-electron chi connectivity index (χ2n) is 10.5. The van der Waals surface area contributed by atoms with Crippen LogP contribution in [0.1, 0.15) is 68.7 Å². The minimum atomic E-state index is -1.78. The molecule has 1 aliphatic heterocycles. The summed E-state index contributed by atoms with van der Waals surface area (Å²) in [6.07, 6.45) is -1.22. The highest BCUT2D eigenvalue weighted by Crippen LogP contribution is 2.33. The largest absolute Gasteiger partial charge is 0.451 e. The molecule has 1 saturated heterocycles. The number of carbonyl (C=O) groups excluding carboxylic acids is 5. The zero-order chi connectivity index (χ0) is 31.5. The number of esters is 1. The molecule has 2 aromatic rings. The van der Waals surface area contributed by atoms with Crippen molar-refractivity contribution in [3.8, 4) is 0 Å². The van der Waals surface area contributed by atoms with Gasteiger partial charge in [0.05, 0.1) is 6.04 Å². The Labute approximate surface area is 251 Å². The first-order chi connectivity index (χ1) is 20.6. The fourth-order valence-electron chi connectivity index (χ4n) is 5.03. The monoisotopic (exact) mass is 593 g/mol. The number of unbranched alkanes of at least 4 members (excludes halogenated alkanes) is 3. The van der Waals surface area contributed by atoms with E-state index in [-0.39, 0.29) is 24.4 Å². The summed E-state index contributed by atoms with van der Waals surface area (Å²) in [7, 11) is 1.16. The molecule has 3 rings (SSSR count). The first-order valence-electron chi connectivity index (χ1n) is 14.3. The third-order valence-electron chi connectivity index (χ3n) is 7.21. The van der Waals surface area contributed by atoms with Crippen LogP contribution in [0.3, 0.4) is 0 Å². The zero-order valence-electron chi connectivity index (χ0n) is 25.0. The van der Waals surface area contributed by atoms with Gasteiger partial charge in [-0.25, -0.2) is 9.69 Å². The number of rotatable bonds is 15.